The topological polar surface area (TPSA) is 40.5 Å². The van der Waals surface area contributed by atoms with E-state index in [0.29, 0.717) is 6.54 Å². The molecule has 4 heteroatoms. The van der Waals surface area contributed by atoms with Gasteiger partial charge in [-0.2, -0.15) is 0 Å². The minimum atomic E-state index is -0.707. The maximum Gasteiger partial charge on any atom is 0.304 e. The van der Waals surface area contributed by atoms with Crippen molar-refractivity contribution in [1.29, 1.82) is 0 Å². The summed E-state index contributed by atoms with van der Waals surface area (Å²) in [5, 5.41) is 8.66. The number of carboxylic acid groups (broad SMARTS) is 1. The molecule has 0 aromatic heterocycles. The second kappa shape index (κ2) is 6.62. The molecule has 17 heavy (non-hydrogen) atoms. The first-order valence-corrected chi connectivity index (χ1v) is 5.76. The second-order valence-corrected chi connectivity index (χ2v) is 4.25. The van der Waals surface area contributed by atoms with Gasteiger partial charge in [0.2, 0.25) is 0 Å². The average Bonchev–Trinajstić information content (AvgIpc) is 2.49. The van der Waals surface area contributed by atoms with Gasteiger partial charge >= 0.3 is 5.97 Å². The molecule has 94 valence electrons. The summed E-state index contributed by atoms with van der Waals surface area (Å²) in [5.74, 6) is -0.707. The Morgan fingerprint density at radius 1 is 1.18 bits per heavy atom. The van der Waals surface area contributed by atoms with Crippen LogP contribution in [0.4, 0.5) is 0 Å². The quantitative estimate of drug-likeness (QED) is 0.898. The first-order chi connectivity index (χ1) is 7.75. The number of rotatable bonds is 3. The van der Waals surface area contributed by atoms with Crippen LogP contribution in [0.5, 0.6) is 0 Å². The summed E-state index contributed by atoms with van der Waals surface area (Å²) in [6.45, 7) is 2.62. The molecule has 0 bridgehead atoms. The normalized spacial score (nSPS) is 15.5. The molecular weight excluding hydrogens is 238 g/mol. The molecule has 1 aromatic carbocycles. The Morgan fingerprint density at radius 2 is 1.71 bits per heavy atom. The first kappa shape index (κ1) is 14.0. The molecule has 0 aliphatic carbocycles. The van der Waals surface area contributed by atoms with E-state index in [0.717, 1.165) is 25.9 Å². The third-order valence-electron chi connectivity index (χ3n) is 3.16. The van der Waals surface area contributed by atoms with E-state index in [2.05, 4.69) is 29.2 Å². The lowest BCUT2D eigenvalue weighted by Gasteiger charge is -2.18. The van der Waals surface area contributed by atoms with Crippen molar-refractivity contribution in [3.63, 3.8) is 0 Å². The van der Waals surface area contributed by atoms with Gasteiger partial charge in [-0.05, 0) is 24.0 Å². The highest BCUT2D eigenvalue weighted by Gasteiger charge is 2.13. The molecule has 1 aliphatic heterocycles. The summed E-state index contributed by atoms with van der Waals surface area (Å²) in [6.07, 6.45) is 2.32. The van der Waals surface area contributed by atoms with E-state index >= 15 is 0 Å². The summed E-state index contributed by atoms with van der Waals surface area (Å²) in [4.78, 5) is 12.8. The van der Waals surface area contributed by atoms with Crippen LogP contribution in [0.2, 0.25) is 0 Å². The standard InChI is InChI=1S/C13H17NO2.ClH/c15-13(16)7-10-14-8-5-11-3-1-2-4-12(11)6-9-14;/h1-4H,5-10H2,(H,15,16);1H. The van der Waals surface area contributed by atoms with E-state index in [4.69, 9.17) is 5.11 Å². The Balaban J connectivity index is 0.00000144. The molecule has 0 saturated heterocycles. The average molecular weight is 256 g/mol. The predicted molar refractivity (Wildman–Crippen MR) is 69.8 cm³/mol. The number of benzene rings is 1. The third kappa shape index (κ3) is 4.02. The van der Waals surface area contributed by atoms with E-state index in [1.807, 2.05) is 0 Å². The zero-order chi connectivity index (χ0) is 11.4. The molecule has 2 rings (SSSR count). The van der Waals surface area contributed by atoms with Gasteiger partial charge in [-0.25, -0.2) is 0 Å². The summed E-state index contributed by atoms with van der Waals surface area (Å²) in [7, 11) is 0. The van der Waals surface area contributed by atoms with Gasteiger partial charge in [-0.15, -0.1) is 12.4 Å². The van der Waals surface area contributed by atoms with Crippen molar-refractivity contribution in [2.24, 2.45) is 0 Å². The van der Waals surface area contributed by atoms with Gasteiger partial charge < -0.3 is 10.0 Å². The van der Waals surface area contributed by atoms with Crippen LogP contribution in [0, 0.1) is 0 Å². The summed E-state index contributed by atoms with van der Waals surface area (Å²) >= 11 is 0. The van der Waals surface area contributed by atoms with Crippen molar-refractivity contribution < 1.29 is 9.90 Å². The number of hydrogen-bond acceptors (Lipinski definition) is 2. The molecule has 0 fully saturated rings. The molecule has 1 heterocycles. The number of nitrogens with zero attached hydrogens (tertiary/aromatic N) is 1. The van der Waals surface area contributed by atoms with E-state index in [1.165, 1.54) is 11.1 Å². The highest BCUT2D eigenvalue weighted by atomic mass is 35.5. The predicted octanol–water partition coefficient (Wildman–Crippen LogP) is 1.98. The van der Waals surface area contributed by atoms with Crippen molar-refractivity contribution in [2.45, 2.75) is 19.3 Å². The van der Waals surface area contributed by atoms with Crippen LogP contribution in [0.1, 0.15) is 17.5 Å². The highest BCUT2D eigenvalue weighted by molar-refractivity contribution is 5.85. The number of hydrogen-bond donors (Lipinski definition) is 1. The number of carboxylic acids is 1. The van der Waals surface area contributed by atoms with Crippen molar-refractivity contribution in [3.05, 3.63) is 35.4 Å². The number of aliphatic carboxylic acids is 1. The number of carbonyl (C=O) groups is 1. The van der Waals surface area contributed by atoms with Crippen LogP contribution in [-0.4, -0.2) is 35.6 Å². The fraction of sp³-hybridized carbons (Fsp3) is 0.462. The monoisotopic (exact) mass is 255 g/mol. The minimum absolute atomic E-state index is 0. The maximum atomic E-state index is 10.5. The number of fused-ring (bicyclic) bond motifs is 1. The van der Waals surface area contributed by atoms with Crippen molar-refractivity contribution in [3.8, 4) is 0 Å². The molecule has 0 saturated carbocycles. The van der Waals surface area contributed by atoms with Crippen LogP contribution >= 0.6 is 12.4 Å². The van der Waals surface area contributed by atoms with Gasteiger partial charge in [-0.1, -0.05) is 24.3 Å². The van der Waals surface area contributed by atoms with Crippen LogP contribution in [0.15, 0.2) is 24.3 Å². The zero-order valence-corrected chi connectivity index (χ0v) is 10.6. The van der Waals surface area contributed by atoms with E-state index in [9.17, 15) is 4.79 Å². The molecule has 0 unspecified atom stereocenters. The Morgan fingerprint density at radius 3 is 2.18 bits per heavy atom. The molecule has 0 amide bonds. The van der Waals surface area contributed by atoms with Gasteiger partial charge in [0.15, 0.2) is 0 Å². The fourth-order valence-electron chi connectivity index (χ4n) is 2.19. The Hall–Kier alpha value is -1.06. The lowest BCUT2D eigenvalue weighted by atomic mass is 10.0. The first-order valence-electron chi connectivity index (χ1n) is 5.76. The van der Waals surface area contributed by atoms with E-state index in [1.54, 1.807) is 0 Å². The van der Waals surface area contributed by atoms with Crippen LogP contribution in [0.25, 0.3) is 0 Å². The second-order valence-electron chi connectivity index (χ2n) is 4.25. The molecule has 0 atom stereocenters. The smallest absolute Gasteiger partial charge is 0.304 e. The molecular formula is C13H18ClNO2. The summed E-state index contributed by atoms with van der Waals surface area (Å²) in [6, 6.07) is 8.50. The summed E-state index contributed by atoms with van der Waals surface area (Å²) in [5.41, 5.74) is 2.83. The van der Waals surface area contributed by atoms with Gasteiger partial charge in [-0.3, -0.25) is 4.79 Å². The Bertz CT molecular complexity index is 354. The lowest BCUT2D eigenvalue weighted by molar-refractivity contribution is -0.137. The molecule has 1 aliphatic rings. The van der Waals surface area contributed by atoms with Gasteiger partial charge in [0.1, 0.15) is 0 Å². The van der Waals surface area contributed by atoms with Crippen molar-refractivity contribution in [1.82, 2.24) is 4.90 Å². The minimum Gasteiger partial charge on any atom is -0.481 e. The molecule has 0 spiro atoms. The molecule has 1 aromatic rings. The molecule has 3 nitrogen and oxygen atoms in total. The van der Waals surface area contributed by atoms with Gasteiger partial charge in [0, 0.05) is 19.6 Å². The van der Waals surface area contributed by atoms with Crippen molar-refractivity contribution >= 4 is 18.4 Å². The van der Waals surface area contributed by atoms with Gasteiger partial charge in [0.25, 0.3) is 0 Å². The van der Waals surface area contributed by atoms with E-state index < -0.39 is 5.97 Å². The van der Waals surface area contributed by atoms with Crippen LogP contribution < -0.4 is 0 Å². The number of halogens is 1. The Labute approximate surface area is 108 Å². The lowest BCUT2D eigenvalue weighted by Crippen LogP contribution is -2.28. The molecule has 0 radical (unpaired) electrons. The Kier molecular flexibility index (Phi) is 5.45. The third-order valence-corrected chi connectivity index (χ3v) is 3.16. The van der Waals surface area contributed by atoms with Gasteiger partial charge in [0.05, 0.1) is 6.42 Å². The SMILES string of the molecule is Cl.O=C(O)CCN1CCc2ccccc2CC1. The van der Waals surface area contributed by atoms with Crippen molar-refractivity contribution in [2.75, 3.05) is 19.6 Å². The highest BCUT2D eigenvalue weighted by Crippen LogP contribution is 2.15. The molecule has 1 N–H and O–H groups in total. The van der Waals surface area contributed by atoms with Crippen LogP contribution in [0.3, 0.4) is 0 Å². The fourth-order valence-corrected chi connectivity index (χ4v) is 2.19. The zero-order valence-electron chi connectivity index (χ0n) is 9.76. The largest absolute Gasteiger partial charge is 0.481 e. The van der Waals surface area contributed by atoms with E-state index in [-0.39, 0.29) is 18.8 Å². The maximum absolute atomic E-state index is 10.5. The van der Waals surface area contributed by atoms with Crippen LogP contribution in [-0.2, 0) is 17.6 Å². The summed E-state index contributed by atoms with van der Waals surface area (Å²) < 4.78 is 0.